The van der Waals surface area contributed by atoms with Gasteiger partial charge in [-0.25, -0.2) is 4.79 Å². The molecule has 0 aliphatic carbocycles. The molecule has 3 aromatic rings. The Morgan fingerprint density at radius 2 is 1.72 bits per heavy atom. The van der Waals surface area contributed by atoms with E-state index in [4.69, 9.17) is 22.1 Å². The fourth-order valence-electron chi connectivity index (χ4n) is 3.13. The van der Waals surface area contributed by atoms with E-state index in [1.54, 1.807) is 25.2 Å². The molecule has 166 valence electrons. The highest BCUT2D eigenvalue weighted by atomic mass is 35.5. The molecule has 0 heterocycles. The van der Waals surface area contributed by atoms with Crippen LogP contribution < -0.4 is 21.7 Å². The molecule has 7 nitrogen and oxygen atoms in total. The average Bonchev–Trinajstić information content (AvgIpc) is 2.81. The number of carbonyl (C=O) groups excluding carboxylic acids is 2. The summed E-state index contributed by atoms with van der Waals surface area (Å²) in [4.78, 5) is 24.9. The summed E-state index contributed by atoms with van der Waals surface area (Å²) in [6.07, 6.45) is -0.623. The van der Waals surface area contributed by atoms with Gasteiger partial charge in [0.15, 0.2) is 0 Å². The van der Waals surface area contributed by atoms with Crippen LogP contribution in [0.25, 0.3) is 0 Å². The molecule has 0 bridgehead atoms. The molecule has 0 saturated heterocycles. The van der Waals surface area contributed by atoms with Gasteiger partial charge in [-0.1, -0.05) is 54.1 Å². The molecule has 0 saturated carbocycles. The smallest absolute Gasteiger partial charge is 0.411 e. The lowest BCUT2D eigenvalue weighted by molar-refractivity contribution is -0.121. The van der Waals surface area contributed by atoms with Crippen molar-refractivity contribution >= 4 is 35.0 Å². The zero-order chi connectivity index (χ0) is 22.9. The van der Waals surface area contributed by atoms with Crippen molar-refractivity contribution in [2.24, 2.45) is 5.73 Å². The summed E-state index contributed by atoms with van der Waals surface area (Å²) in [7, 11) is 1.55. The summed E-state index contributed by atoms with van der Waals surface area (Å²) in [5.41, 5.74) is 9.25. The lowest BCUT2D eigenvalue weighted by Crippen LogP contribution is -2.31. The zero-order valence-electron chi connectivity index (χ0n) is 17.6. The topological polar surface area (TPSA) is 105 Å². The molecule has 0 fully saturated rings. The summed E-state index contributed by atoms with van der Waals surface area (Å²) < 4.78 is 5.26. The van der Waals surface area contributed by atoms with Crippen LogP contribution in [-0.4, -0.2) is 19.0 Å². The van der Waals surface area contributed by atoms with Gasteiger partial charge in [0.25, 0.3) is 0 Å². The van der Waals surface area contributed by atoms with Crippen LogP contribution in [0.1, 0.15) is 22.7 Å². The third-order valence-electron chi connectivity index (χ3n) is 4.69. The van der Waals surface area contributed by atoms with Gasteiger partial charge in [-0.2, -0.15) is 0 Å². The highest BCUT2D eigenvalue weighted by Gasteiger charge is 2.21. The number of halogens is 1. The molecule has 0 aliphatic heterocycles. The molecule has 5 N–H and O–H groups in total. The molecule has 2 amide bonds. The van der Waals surface area contributed by atoms with Crippen LogP contribution in [0, 0.1) is 0 Å². The summed E-state index contributed by atoms with van der Waals surface area (Å²) in [6.45, 7) is 0.524. The lowest BCUT2D eigenvalue weighted by atomic mass is 10.0. The van der Waals surface area contributed by atoms with Crippen molar-refractivity contribution in [2.45, 2.75) is 19.2 Å². The minimum Gasteiger partial charge on any atom is -0.444 e. The molecule has 32 heavy (non-hydrogen) atoms. The summed E-state index contributed by atoms with van der Waals surface area (Å²) in [5, 5.41) is 8.89. The third kappa shape index (κ3) is 6.47. The van der Waals surface area contributed by atoms with E-state index in [9.17, 15) is 9.59 Å². The molecule has 0 aromatic heterocycles. The maximum Gasteiger partial charge on any atom is 0.411 e. The third-order valence-corrected chi connectivity index (χ3v) is 4.91. The number of hydrogen-bond acceptors (Lipinski definition) is 5. The Kier molecular flexibility index (Phi) is 8.08. The number of nitrogens with one attached hydrogen (secondary N) is 3. The number of ether oxygens (including phenoxy) is 1. The first-order valence-corrected chi connectivity index (χ1v) is 10.4. The van der Waals surface area contributed by atoms with Gasteiger partial charge in [0, 0.05) is 30.0 Å². The van der Waals surface area contributed by atoms with Crippen molar-refractivity contribution in [3.63, 3.8) is 0 Å². The maximum absolute atomic E-state index is 12.6. The molecule has 0 spiro atoms. The molecule has 0 radical (unpaired) electrons. The Hall–Kier alpha value is -3.55. The number of amides is 2. The molecule has 3 rings (SSSR count). The molecular formula is C24H25ClN4O3. The van der Waals surface area contributed by atoms with Crippen LogP contribution in [0.15, 0.2) is 72.8 Å². The molecule has 3 aromatic carbocycles. The Morgan fingerprint density at radius 1 is 0.969 bits per heavy atom. The van der Waals surface area contributed by atoms with E-state index < -0.39 is 12.1 Å². The number of nitrogens with two attached hydrogens (primary N) is 1. The number of carbonyl (C=O) groups is 2. The van der Waals surface area contributed by atoms with Crippen LogP contribution in [0.3, 0.4) is 0 Å². The maximum atomic E-state index is 12.6. The fraction of sp³-hybridized carbons (Fsp3) is 0.167. The standard InChI is InChI=1S/C24H25ClN4O3/c1-27-23(30)22(28-20-9-5-8-17(10-20)14-26)18-11-19(25)13-21(12-18)29-24(31)32-15-16-6-3-2-4-7-16/h2-13,22,28H,14-15,26H2,1H3,(H,27,30)(H,29,31)/t22-/m1/s1. The fourth-order valence-corrected chi connectivity index (χ4v) is 3.37. The van der Waals surface area contributed by atoms with Crippen LogP contribution in [0.4, 0.5) is 16.2 Å². The minimum atomic E-state index is -0.743. The van der Waals surface area contributed by atoms with E-state index in [0.29, 0.717) is 22.8 Å². The van der Waals surface area contributed by atoms with Gasteiger partial charge in [0.1, 0.15) is 12.6 Å². The van der Waals surface area contributed by atoms with Crippen LogP contribution in [0.5, 0.6) is 0 Å². The molecule has 0 aliphatic rings. The van der Waals surface area contributed by atoms with Crippen molar-refractivity contribution in [3.8, 4) is 0 Å². The summed E-state index contributed by atoms with van der Waals surface area (Å²) in [5.74, 6) is -0.261. The van der Waals surface area contributed by atoms with Crippen LogP contribution in [-0.2, 0) is 22.7 Å². The summed E-state index contributed by atoms with van der Waals surface area (Å²) in [6, 6.07) is 21.0. The van der Waals surface area contributed by atoms with Gasteiger partial charge < -0.3 is 21.1 Å². The monoisotopic (exact) mass is 452 g/mol. The molecular weight excluding hydrogens is 428 g/mol. The van der Waals surface area contributed by atoms with E-state index in [-0.39, 0.29) is 12.5 Å². The number of rotatable bonds is 8. The Morgan fingerprint density at radius 3 is 2.44 bits per heavy atom. The van der Waals surface area contributed by atoms with Crippen LogP contribution in [0.2, 0.25) is 5.02 Å². The van der Waals surface area contributed by atoms with Crippen molar-refractivity contribution in [1.82, 2.24) is 5.32 Å². The molecule has 1 atom stereocenters. The van der Waals surface area contributed by atoms with Gasteiger partial charge in [-0.3, -0.25) is 10.1 Å². The van der Waals surface area contributed by atoms with E-state index in [0.717, 1.165) is 16.8 Å². The first kappa shape index (κ1) is 23.1. The first-order chi connectivity index (χ1) is 15.5. The second-order valence-electron chi connectivity index (χ2n) is 7.06. The van der Waals surface area contributed by atoms with E-state index in [1.165, 1.54) is 0 Å². The lowest BCUT2D eigenvalue weighted by Gasteiger charge is -2.20. The Balaban J connectivity index is 1.77. The SMILES string of the molecule is CNC(=O)[C@H](Nc1cccc(CN)c1)c1cc(Cl)cc(NC(=O)OCc2ccccc2)c1. The largest absolute Gasteiger partial charge is 0.444 e. The Bertz CT molecular complexity index is 1080. The van der Waals surface area contributed by atoms with Gasteiger partial charge in [-0.05, 0) is 47.0 Å². The number of likely N-dealkylation sites (N-methyl/N-ethyl adjacent to an activating group) is 1. The van der Waals surface area contributed by atoms with Gasteiger partial charge in [0.05, 0.1) is 0 Å². The zero-order valence-corrected chi connectivity index (χ0v) is 18.4. The number of anilines is 2. The van der Waals surface area contributed by atoms with Gasteiger partial charge >= 0.3 is 6.09 Å². The van der Waals surface area contributed by atoms with Crippen molar-refractivity contribution in [1.29, 1.82) is 0 Å². The number of benzene rings is 3. The predicted octanol–water partition coefficient (Wildman–Crippen LogP) is 4.45. The van der Waals surface area contributed by atoms with E-state index in [1.807, 2.05) is 54.6 Å². The molecule has 8 heteroatoms. The van der Waals surface area contributed by atoms with E-state index >= 15 is 0 Å². The predicted molar refractivity (Wildman–Crippen MR) is 126 cm³/mol. The highest BCUT2D eigenvalue weighted by Crippen LogP contribution is 2.27. The van der Waals surface area contributed by atoms with Gasteiger partial charge in [0.2, 0.25) is 5.91 Å². The van der Waals surface area contributed by atoms with Crippen molar-refractivity contribution < 1.29 is 14.3 Å². The Labute approximate surface area is 191 Å². The molecule has 0 unspecified atom stereocenters. The van der Waals surface area contributed by atoms with E-state index in [2.05, 4.69) is 16.0 Å². The average molecular weight is 453 g/mol. The highest BCUT2D eigenvalue weighted by molar-refractivity contribution is 6.31. The van der Waals surface area contributed by atoms with Crippen molar-refractivity contribution in [3.05, 3.63) is 94.5 Å². The number of hydrogen-bond donors (Lipinski definition) is 4. The summed E-state index contributed by atoms with van der Waals surface area (Å²) >= 11 is 6.28. The first-order valence-electron chi connectivity index (χ1n) is 10.0. The van der Waals surface area contributed by atoms with Gasteiger partial charge in [-0.15, -0.1) is 0 Å². The normalized spacial score (nSPS) is 11.3. The second-order valence-corrected chi connectivity index (χ2v) is 7.49. The van der Waals surface area contributed by atoms with Crippen molar-refractivity contribution in [2.75, 3.05) is 17.7 Å². The second kappa shape index (κ2) is 11.2. The van der Waals surface area contributed by atoms with Crippen LogP contribution >= 0.6 is 11.6 Å². The minimum absolute atomic E-state index is 0.139. The quantitative estimate of drug-likeness (QED) is 0.404.